The molecule has 1 aromatic rings. The van der Waals surface area contributed by atoms with Crippen molar-refractivity contribution in [2.45, 2.75) is 6.42 Å². The number of sulfonamides is 2. The predicted octanol–water partition coefficient (Wildman–Crippen LogP) is 1.25. The quantitative estimate of drug-likeness (QED) is 0.907. The number of benzene rings is 1. The van der Waals surface area contributed by atoms with Crippen LogP contribution in [0, 0.1) is 0 Å². The smallest absolute Gasteiger partial charge is 0.235 e. The molecule has 0 amide bonds. The summed E-state index contributed by atoms with van der Waals surface area (Å²) in [5, 5.41) is 0.268. The van der Waals surface area contributed by atoms with Crippen molar-refractivity contribution < 1.29 is 16.8 Å². The molecule has 0 saturated carbocycles. The van der Waals surface area contributed by atoms with E-state index in [1.165, 1.54) is 22.5 Å². The van der Waals surface area contributed by atoms with E-state index in [0.717, 1.165) is 6.26 Å². The van der Waals surface area contributed by atoms with E-state index >= 15 is 0 Å². The first-order valence-corrected chi connectivity index (χ1v) is 9.35. The van der Waals surface area contributed by atoms with E-state index in [9.17, 15) is 16.8 Å². The second kappa shape index (κ2) is 4.84. The Balaban J connectivity index is 2.43. The average molecular weight is 325 g/mol. The summed E-state index contributed by atoms with van der Waals surface area (Å²) in [4.78, 5) is 0. The minimum absolute atomic E-state index is 0.0764. The van der Waals surface area contributed by atoms with Crippen LogP contribution in [0.5, 0.6) is 0 Å². The van der Waals surface area contributed by atoms with Gasteiger partial charge in [-0.15, -0.1) is 0 Å². The molecule has 0 bridgehead atoms. The highest BCUT2D eigenvalue weighted by Crippen LogP contribution is 2.33. The van der Waals surface area contributed by atoms with Crippen molar-refractivity contribution in [1.29, 1.82) is 0 Å². The van der Waals surface area contributed by atoms with Gasteiger partial charge in [0, 0.05) is 6.54 Å². The lowest BCUT2D eigenvalue weighted by Crippen LogP contribution is -2.25. The van der Waals surface area contributed by atoms with Crippen LogP contribution in [-0.4, -0.2) is 35.4 Å². The topological polar surface area (TPSA) is 83.6 Å². The maximum absolute atomic E-state index is 11.8. The monoisotopic (exact) mass is 324 g/mol. The molecule has 1 N–H and O–H groups in total. The van der Waals surface area contributed by atoms with Gasteiger partial charge in [-0.2, -0.15) is 0 Å². The molecule has 1 aliphatic heterocycles. The molecule has 1 saturated heterocycles. The van der Waals surface area contributed by atoms with E-state index in [0.29, 0.717) is 18.7 Å². The first kappa shape index (κ1) is 14.4. The number of anilines is 2. The Hall–Kier alpha value is -0.990. The summed E-state index contributed by atoms with van der Waals surface area (Å²) in [6, 6.07) is 4.38. The van der Waals surface area contributed by atoms with Gasteiger partial charge in [-0.1, -0.05) is 11.6 Å². The van der Waals surface area contributed by atoms with Crippen molar-refractivity contribution >= 4 is 43.0 Å². The molecular formula is C10H13ClN2O4S2. The molecule has 0 aliphatic carbocycles. The highest BCUT2D eigenvalue weighted by atomic mass is 35.5. The normalized spacial score (nSPS) is 18.5. The van der Waals surface area contributed by atoms with Gasteiger partial charge >= 0.3 is 0 Å². The van der Waals surface area contributed by atoms with Gasteiger partial charge in [-0.25, -0.2) is 16.8 Å². The van der Waals surface area contributed by atoms with Gasteiger partial charge in [0.1, 0.15) is 0 Å². The molecule has 106 valence electrons. The Labute approximate surface area is 117 Å². The van der Waals surface area contributed by atoms with Crippen molar-refractivity contribution in [3.05, 3.63) is 23.2 Å². The first-order chi connectivity index (χ1) is 8.69. The standard InChI is InChI=1S/C10H13ClN2O4S2/c1-18(14,15)12-8-3-4-9(11)10(7-8)13-5-2-6-19(13,16)17/h3-4,7,12H,2,5-6H2,1H3. The van der Waals surface area contributed by atoms with Crippen LogP contribution in [0.1, 0.15) is 6.42 Å². The third-order valence-electron chi connectivity index (χ3n) is 2.62. The van der Waals surface area contributed by atoms with Gasteiger partial charge in [0.2, 0.25) is 20.0 Å². The molecule has 0 radical (unpaired) electrons. The zero-order chi connectivity index (χ0) is 14.3. The largest absolute Gasteiger partial charge is 0.284 e. The van der Waals surface area contributed by atoms with Gasteiger partial charge in [0.15, 0.2) is 0 Å². The van der Waals surface area contributed by atoms with Gasteiger partial charge in [-0.3, -0.25) is 9.03 Å². The van der Waals surface area contributed by atoms with Crippen LogP contribution in [-0.2, 0) is 20.0 Å². The van der Waals surface area contributed by atoms with Crippen LogP contribution in [0.25, 0.3) is 0 Å². The number of halogens is 1. The second-order valence-electron chi connectivity index (χ2n) is 4.28. The molecular weight excluding hydrogens is 312 g/mol. The van der Waals surface area contributed by atoms with Crippen molar-refractivity contribution in [3.63, 3.8) is 0 Å². The third kappa shape index (κ3) is 3.31. The number of hydrogen-bond acceptors (Lipinski definition) is 4. The Kier molecular flexibility index (Phi) is 3.67. The van der Waals surface area contributed by atoms with Gasteiger partial charge in [0.25, 0.3) is 0 Å². The predicted molar refractivity (Wildman–Crippen MR) is 75.7 cm³/mol. The van der Waals surface area contributed by atoms with E-state index in [4.69, 9.17) is 11.6 Å². The van der Waals surface area contributed by atoms with Crippen LogP contribution in [0.4, 0.5) is 11.4 Å². The molecule has 2 rings (SSSR count). The highest BCUT2D eigenvalue weighted by Gasteiger charge is 2.30. The Morgan fingerprint density at radius 3 is 2.58 bits per heavy atom. The number of nitrogens with zero attached hydrogens (tertiary/aromatic N) is 1. The van der Waals surface area contributed by atoms with E-state index < -0.39 is 20.0 Å². The summed E-state index contributed by atoms with van der Waals surface area (Å²) in [6.45, 7) is 0.352. The van der Waals surface area contributed by atoms with E-state index in [2.05, 4.69) is 4.72 Å². The molecule has 1 fully saturated rings. The minimum Gasteiger partial charge on any atom is -0.284 e. The SMILES string of the molecule is CS(=O)(=O)Nc1ccc(Cl)c(N2CCCS2(=O)=O)c1. The highest BCUT2D eigenvalue weighted by molar-refractivity contribution is 7.93. The van der Waals surface area contributed by atoms with Crippen LogP contribution in [0.15, 0.2) is 18.2 Å². The zero-order valence-corrected chi connectivity index (χ0v) is 12.5. The number of hydrogen-bond donors (Lipinski definition) is 1. The molecule has 19 heavy (non-hydrogen) atoms. The van der Waals surface area contributed by atoms with E-state index in [1.807, 2.05) is 0 Å². The molecule has 9 heteroatoms. The van der Waals surface area contributed by atoms with Crippen LogP contribution < -0.4 is 9.03 Å². The molecule has 0 spiro atoms. The molecule has 0 aromatic heterocycles. The summed E-state index contributed by atoms with van der Waals surface area (Å²) < 4.78 is 49.5. The number of rotatable bonds is 3. The molecule has 1 heterocycles. The van der Waals surface area contributed by atoms with Crippen LogP contribution in [0.2, 0.25) is 5.02 Å². The summed E-state index contributed by atoms with van der Waals surface area (Å²) in [5.41, 5.74) is 0.580. The summed E-state index contributed by atoms with van der Waals surface area (Å²) in [5.74, 6) is 0.0764. The second-order valence-corrected chi connectivity index (χ2v) is 8.45. The minimum atomic E-state index is -3.42. The molecule has 0 unspecified atom stereocenters. The molecule has 1 aromatic carbocycles. The van der Waals surface area contributed by atoms with Crippen molar-refractivity contribution in [2.75, 3.05) is 27.6 Å². The first-order valence-electron chi connectivity index (χ1n) is 5.47. The molecule has 0 atom stereocenters. The molecule has 1 aliphatic rings. The van der Waals surface area contributed by atoms with Crippen molar-refractivity contribution in [3.8, 4) is 0 Å². The van der Waals surface area contributed by atoms with Crippen LogP contribution >= 0.6 is 11.6 Å². The Morgan fingerprint density at radius 1 is 1.37 bits per heavy atom. The number of nitrogens with one attached hydrogen (secondary N) is 1. The van der Waals surface area contributed by atoms with Crippen molar-refractivity contribution in [2.24, 2.45) is 0 Å². The lowest BCUT2D eigenvalue weighted by Gasteiger charge is -2.19. The van der Waals surface area contributed by atoms with Crippen LogP contribution in [0.3, 0.4) is 0 Å². The third-order valence-corrected chi connectivity index (χ3v) is 5.40. The Bertz CT molecular complexity index is 700. The maximum Gasteiger partial charge on any atom is 0.235 e. The summed E-state index contributed by atoms with van der Waals surface area (Å²) in [7, 11) is -6.77. The Morgan fingerprint density at radius 2 is 2.05 bits per heavy atom. The fraction of sp³-hybridized carbons (Fsp3) is 0.400. The van der Waals surface area contributed by atoms with E-state index in [-0.39, 0.29) is 16.5 Å². The summed E-state index contributed by atoms with van der Waals surface area (Å²) >= 11 is 5.99. The lowest BCUT2D eigenvalue weighted by molar-refractivity contribution is 0.599. The average Bonchev–Trinajstić information content (AvgIpc) is 2.59. The summed E-state index contributed by atoms with van der Waals surface area (Å²) in [6.07, 6.45) is 1.55. The van der Waals surface area contributed by atoms with Gasteiger partial charge < -0.3 is 0 Å². The fourth-order valence-electron chi connectivity index (χ4n) is 1.89. The molecule has 6 nitrogen and oxygen atoms in total. The maximum atomic E-state index is 11.8. The lowest BCUT2D eigenvalue weighted by atomic mass is 10.3. The van der Waals surface area contributed by atoms with Gasteiger partial charge in [0.05, 0.1) is 28.4 Å². The zero-order valence-electron chi connectivity index (χ0n) is 10.1. The van der Waals surface area contributed by atoms with E-state index in [1.54, 1.807) is 0 Å². The van der Waals surface area contributed by atoms with Crippen molar-refractivity contribution in [1.82, 2.24) is 0 Å². The fourth-order valence-corrected chi connectivity index (χ4v) is 4.29. The van der Waals surface area contributed by atoms with Gasteiger partial charge in [-0.05, 0) is 24.6 Å².